The molecule has 3 saturated heterocycles. The Bertz CT molecular complexity index is 1750. The molecule has 0 unspecified atom stereocenters. The van der Waals surface area contributed by atoms with E-state index in [1.165, 1.54) is 24.8 Å². The first-order chi connectivity index (χ1) is 28.3. The van der Waals surface area contributed by atoms with Crippen LogP contribution in [0.15, 0.2) is 36.9 Å². The highest BCUT2D eigenvalue weighted by Gasteiger charge is 2.61. The van der Waals surface area contributed by atoms with Crippen molar-refractivity contribution in [3.63, 3.8) is 0 Å². The third-order valence-corrected chi connectivity index (χ3v) is 10.8. The summed E-state index contributed by atoms with van der Waals surface area (Å²) >= 11 is 5.04. The van der Waals surface area contributed by atoms with Crippen molar-refractivity contribution >= 4 is 34.9 Å². The van der Waals surface area contributed by atoms with Crippen LogP contribution >= 0.6 is 11.6 Å². The van der Waals surface area contributed by atoms with E-state index >= 15 is 0 Å². The van der Waals surface area contributed by atoms with Crippen molar-refractivity contribution in [3.8, 4) is 0 Å². The van der Waals surface area contributed by atoms with Gasteiger partial charge in [0.2, 0.25) is 11.6 Å². The Hall–Kier alpha value is -4.71. The largest absolute Gasteiger partial charge is 0.434 e. The monoisotopic (exact) mass is 915 g/mol. The summed E-state index contributed by atoms with van der Waals surface area (Å²) in [6.45, 7) is 0.426. The van der Waals surface area contributed by atoms with Crippen LogP contribution in [-0.2, 0) is 9.47 Å². The number of ether oxygens (including phenoxy) is 2. The van der Waals surface area contributed by atoms with Crippen LogP contribution in [0.1, 0.15) is 85.4 Å². The number of piperidine rings is 2. The van der Waals surface area contributed by atoms with E-state index in [1.807, 2.05) is 0 Å². The van der Waals surface area contributed by atoms with Crippen molar-refractivity contribution in [3.05, 3.63) is 48.6 Å². The molecule has 4 fully saturated rings. The second-order valence-electron chi connectivity index (χ2n) is 14.6. The first-order valence-electron chi connectivity index (χ1n) is 18.5. The average molecular weight is 916 g/mol. The van der Waals surface area contributed by atoms with Crippen molar-refractivity contribution in [1.82, 2.24) is 34.6 Å². The van der Waals surface area contributed by atoms with Gasteiger partial charge >= 0.3 is 36.9 Å². The quantitative estimate of drug-likeness (QED) is 0.217. The van der Waals surface area contributed by atoms with Crippen molar-refractivity contribution in [1.29, 1.82) is 0 Å². The predicted molar refractivity (Wildman–Crippen MR) is 185 cm³/mol. The zero-order chi connectivity index (χ0) is 45.4. The molecule has 0 atom stereocenters. The van der Waals surface area contributed by atoms with Crippen LogP contribution in [0.4, 0.5) is 62.3 Å². The molecule has 3 aliphatic heterocycles. The Balaban J connectivity index is 0.000000230. The van der Waals surface area contributed by atoms with Crippen molar-refractivity contribution in [2.75, 3.05) is 32.7 Å². The van der Waals surface area contributed by atoms with Crippen LogP contribution in [0.3, 0.4) is 0 Å². The summed E-state index contributed by atoms with van der Waals surface area (Å²) in [5.74, 6) is -0.365. The molecule has 6 rings (SSSR count). The summed E-state index contributed by atoms with van der Waals surface area (Å²) in [7, 11) is 0. The SMILES string of the molecule is O=C(Cl)c1ncccn1.O=C(OC(C(F)(F)F)C(F)(F)F)N1CCC2(CCCC2)CC1.O=C(OC(C(F)(F)F)C(F)(F)F)N1CCC2(CCCN2C(=O)c2ncccn2)CC1. The van der Waals surface area contributed by atoms with Gasteiger partial charge in [0.25, 0.3) is 23.4 Å². The highest BCUT2D eigenvalue weighted by Crippen LogP contribution is 2.47. The smallest absolute Gasteiger partial charge is 0.426 e. The second-order valence-corrected chi connectivity index (χ2v) is 14.9. The molecule has 2 spiro atoms. The number of hydrogen-bond donors (Lipinski definition) is 0. The lowest BCUT2D eigenvalue weighted by Crippen LogP contribution is -2.56. The first kappa shape index (κ1) is 49.0. The van der Waals surface area contributed by atoms with Crippen LogP contribution in [0.2, 0.25) is 0 Å². The van der Waals surface area contributed by atoms with E-state index in [-0.39, 0.29) is 56.1 Å². The predicted octanol–water partition coefficient (Wildman–Crippen LogP) is 8.31. The molecule has 26 heteroatoms. The number of carbonyl (C=O) groups is 4. The third kappa shape index (κ3) is 13.1. The van der Waals surface area contributed by atoms with Crippen LogP contribution < -0.4 is 0 Å². The molecule has 0 bridgehead atoms. The highest BCUT2D eigenvalue weighted by atomic mass is 35.5. The van der Waals surface area contributed by atoms with Gasteiger partial charge in [0, 0.05) is 63.1 Å². The maximum absolute atomic E-state index is 12.7. The lowest BCUT2D eigenvalue weighted by atomic mass is 9.77. The molecule has 1 aliphatic carbocycles. The standard InChI is InChI=1S/C17H18F6N4O3.C13H17F6NO2.C5H3ClN2O/c18-16(19,20)13(17(21,22)23)30-14(29)26-9-4-15(5-10-26)3-1-8-27(15)12(28)11-24-6-2-7-25-11;14-12(15,16)9(13(17,18)19)22-10(21)20-7-5-11(6-8-20)3-1-2-4-11;6-4(9)5-7-2-1-3-8-5/h2,6-7,13H,1,3-5,8-10H2;9H,1-8H2;1-3H. The average Bonchev–Trinajstić information content (AvgIpc) is 3.82. The summed E-state index contributed by atoms with van der Waals surface area (Å²) in [6, 6.07) is 3.17. The summed E-state index contributed by atoms with van der Waals surface area (Å²) in [5.41, 5.74) is -0.551. The number of hydrogen-bond acceptors (Lipinski definition) is 10. The van der Waals surface area contributed by atoms with Crippen molar-refractivity contribution < 1.29 is 81.3 Å². The molecule has 0 N–H and O–H groups in total. The molecule has 13 nitrogen and oxygen atoms in total. The molecule has 5 heterocycles. The van der Waals surface area contributed by atoms with Crippen LogP contribution in [0.5, 0.6) is 0 Å². The molecule has 0 radical (unpaired) electrons. The Kier molecular flexibility index (Phi) is 15.7. The molecule has 3 amide bonds. The number of nitrogens with zero attached hydrogens (tertiary/aromatic N) is 7. The first-order valence-corrected chi connectivity index (χ1v) is 18.9. The number of aromatic nitrogens is 4. The lowest BCUT2D eigenvalue weighted by Gasteiger charge is -2.44. The highest BCUT2D eigenvalue weighted by molar-refractivity contribution is 6.67. The number of amides is 3. The Morgan fingerprint density at radius 2 is 0.918 bits per heavy atom. The minimum absolute atomic E-state index is 0.00110. The van der Waals surface area contributed by atoms with Gasteiger partial charge in [0.15, 0.2) is 0 Å². The van der Waals surface area contributed by atoms with Gasteiger partial charge in [-0.25, -0.2) is 29.5 Å². The van der Waals surface area contributed by atoms with E-state index in [2.05, 4.69) is 29.4 Å². The zero-order valence-electron chi connectivity index (χ0n) is 31.7. The number of halogens is 13. The van der Waals surface area contributed by atoms with E-state index in [1.54, 1.807) is 17.0 Å². The third-order valence-electron chi connectivity index (χ3n) is 10.7. The second kappa shape index (κ2) is 19.6. The van der Waals surface area contributed by atoms with Gasteiger partial charge in [-0.05, 0) is 80.5 Å². The normalized spacial score (nSPS) is 19.0. The summed E-state index contributed by atoms with van der Waals surface area (Å²) in [4.78, 5) is 64.9. The fourth-order valence-electron chi connectivity index (χ4n) is 7.59. The van der Waals surface area contributed by atoms with E-state index in [0.29, 0.717) is 32.2 Å². The van der Waals surface area contributed by atoms with Gasteiger partial charge < -0.3 is 24.2 Å². The van der Waals surface area contributed by atoms with E-state index < -0.39 is 65.8 Å². The molecule has 1 saturated carbocycles. The summed E-state index contributed by atoms with van der Waals surface area (Å²) in [5, 5.41) is -0.629. The number of carbonyl (C=O) groups excluding carboxylic acids is 4. The van der Waals surface area contributed by atoms with Crippen molar-refractivity contribution in [2.45, 2.75) is 107 Å². The number of likely N-dealkylation sites (tertiary alicyclic amines) is 3. The van der Waals surface area contributed by atoms with Gasteiger partial charge in [0.1, 0.15) is 0 Å². The molecule has 2 aromatic rings. The molecule has 4 aliphatic rings. The molecular weight excluding hydrogens is 878 g/mol. The topological polar surface area (TPSA) is 148 Å². The Morgan fingerprint density at radius 1 is 0.541 bits per heavy atom. The molecule has 2 aromatic heterocycles. The fourth-order valence-corrected chi connectivity index (χ4v) is 7.69. The minimum atomic E-state index is -5.77. The molecular formula is C35H38ClF12N7O6. The van der Waals surface area contributed by atoms with Gasteiger partial charge in [-0.15, -0.1) is 0 Å². The van der Waals surface area contributed by atoms with E-state index in [9.17, 15) is 71.9 Å². The van der Waals surface area contributed by atoms with Gasteiger partial charge in [-0.3, -0.25) is 9.59 Å². The van der Waals surface area contributed by atoms with Crippen molar-refractivity contribution in [2.24, 2.45) is 5.41 Å². The molecule has 61 heavy (non-hydrogen) atoms. The molecule has 340 valence electrons. The van der Waals surface area contributed by atoms with Crippen LogP contribution in [-0.4, -0.2) is 133 Å². The molecule has 0 aromatic carbocycles. The maximum Gasteiger partial charge on any atom is 0.434 e. The number of rotatable bonds is 4. The summed E-state index contributed by atoms with van der Waals surface area (Å²) in [6.07, 6.45) is -21.6. The van der Waals surface area contributed by atoms with E-state index in [0.717, 1.165) is 35.5 Å². The van der Waals surface area contributed by atoms with Crippen LogP contribution in [0, 0.1) is 5.41 Å². The van der Waals surface area contributed by atoms with Gasteiger partial charge in [-0.1, -0.05) is 12.8 Å². The Morgan fingerprint density at radius 3 is 1.28 bits per heavy atom. The minimum Gasteiger partial charge on any atom is -0.426 e. The zero-order valence-corrected chi connectivity index (χ0v) is 32.5. The van der Waals surface area contributed by atoms with Gasteiger partial charge in [0.05, 0.1) is 0 Å². The number of alkyl halides is 12. The van der Waals surface area contributed by atoms with Crippen LogP contribution in [0.25, 0.3) is 0 Å². The maximum atomic E-state index is 12.7. The van der Waals surface area contributed by atoms with E-state index in [4.69, 9.17) is 11.6 Å². The fraction of sp³-hybridized carbons (Fsp3) is 0.657. The van der Waals surface area contributed by atoms with Gasteiger partial charge in [-0.2, -0.15) is 52.7 Å². The Labute approximate surface area is 344 Å². The lowest BCUT2D eigenvalue weighted by molar-refractivity contribution is -0.309. The summed E-state index contributed by atoms with van der Waals surface area (Å²) < 4.78 is 157.